The molecule has 0 spiro atoms. The predicted octanol–water partition coefficient (Wildman–Crippen LogP) is 2.93. The van der Waals surface area contributed by atoms with E-state index in [1.807, 2.05) is 0 Å². The van der Waals surface area contributed by atoms with Gasteiger partial charge in [0.05, 0.1) is 6.10 Å². The first-order valence-corrected chi connectivity index (χ1v) is 6.40. The van der Waals surface area contributed by atoms with Gasteiger partial charge in [0.25, 0.3) is 0 Å². The van der Waals surface area contributed by atoms with Crippen molar-refractivity contribution in [3.8, 4) is 0 Å². The van der Waals surface area contributed by atoms with Gasteiger partial charge < -0.3 is 9.47 Å². The Bertz CT molecular complexity index is 203. The molecule has 3 heteroatoms. The number of methoxy groups -OCH3 is 1. The number of ketones is 1. The fourth-order valence-electron chi connectivity index (χ4n) is 2.37. The standard InChI is InChI=1S/C13H24O3/c1-3-4-5-6-13(16-10-15-2)11-7-8-12(14)9-11/h11,13H,3-10H2,1-2H3/t11?,13-/m1/s1. The smallest absolute Gasteiger partial charge is 0.146 e. The van der Waals surface area contributed by atoms with Crippen molar-refractivity contribution in [3.05, 3.63) is 0 Å². The Morgan fingerprint density at radius 3 is 2.81 bits per heavy atom. The summed E-state index contributed by atoms with van der Waals surface area (Å²) in [4.78, 5) is 11.3. The zero-order valence-electron chi connectivity index (χ0n) is 10.5. The number of hydrogen-bond acceptors (Lipinski definition) is 3. The molecule has 0 aromatic heterocycles. The summed E-state index contributed by atoms with van der Waals surface area (Å²) in [6.45, 7) is 2.55. The summed E-state index contributed by atoms with van der Waals surface area (Å²) in [6.07, 6.45) is 7.39. The molecule has 0 aromatic carbocycles. The van der Waals surface area contributed by atoms with Crippen LogP contribution in [0.2, 0.25) is 0 Å². The van der Waals surface area contributed by atoms with Gasteiger partial charge in [-0.25, -0.2) is 0 Å². The number of hydrogen-bond donors (Lipinski definition) is 0. The molecule has 0 aliphatic heterocycles. The van der Waals surface area contributed by atoms with E-state index in [0.29, 0.717) is 24.9 Å². The summed E-state index contributed by atoms with van der Waals surface area (Å²) in [5.41, 5.74) is 0. The Kier molecular flexibility index (Phi) is 6.65. The van der Waals surface area contributed by atoms with Gasteiger partial charge in [-0.05, 0) is 18.8 Å². The lowest BCUT2D eigenvalue weighted by Crippen LogP contribution is -2.23. The highest BCUT2D eigenvalue weighted by Crippen LogP contribution is 2.29. The maximum absolute atomic E-state index is 11.3. The average molecular weight is 228 g/mol. The first kappa shape index (κ1) is 13.7. The van der Waals surface area contributed by atoms with E-state index >= 15 is 0 Å². The van der Waals surface area contributed by atoms with E-state index in [-0.39, 0.29) is 6.10 Å². The van der Waals surface area contributed by atoms with Gasteiger partial charge in [-0.2, -0.15) is 0 Å². The van der Waals surface area contributed by atoms with Crippen LogP contribution in [-0.4, -0.2) is 25.8 Å². The van der Waals surface area contributed by atoms with Gasteiger partial charge in [0.1, 0.15) is 12.6 Å². The van der Waals surface area contributed by atoms with Crippen molar-refractivity contribution in [1.29, 1.82) is 0 Å². The molecule has 94 valence electrons. The highest BCUT2D eigenvalue weighted by atomic mass is 16.7. The van der Waals surface area contributed by atoms with Gasteiger partial charge >= 0.3 is 0 Å². The highest BCUT2D eigenvalue weighted by molar-refractivity contribution is 5.80. The quantitative estimate of drug-likeness (QED) is 0.473. The molecule has 0 saturated heterocycles. The minimum absolute atomic E-state index is 0.220. The summed E-state index contributed by atoms with van der Waals surface area (Å²) in [5.74, 6) is 0.825. The fourth-order valence-corrected chi connectivity index (χ4v) is 2.37. The maximum atomic E-state index is 11.3. The Morgan fingerprint density at radius 1 is 1.44 bits per heavy atom. The average Bonchev–Trinajstić information content (AvgIpc) is 2.70. The van der Waals surface area contributed by atoms with Gasteiger partial charge in [0, 0.05) is 20.0 Å². The molecule has 1 unspecified atom stereocenters. The lowest BCUT2D eigenvalue weighted by molar-refractivity contribution is -0.119. The summed E-state index contributed by atoms with van der Waals surface area (Å²) in [5, 5.41) is 0. The molecule has 1 saturated carbocycles. The minimum atomic E-state index is 0.220. The molecule has 0 radical (unpaired) electrons. The molecule has 0 heterocycles. The number of unbranched alkanes of at least 4 members (excludes halogenated alkanes) is 2. The van der Waals surface area contributed by atoms with E-state index in [1.54, 1.807) is 7.11 Å². The zero-order valence-corrected chi connectivity index (χ0v) is 10.5. The molecular weight excluding hydrogens is 204 g/mol. The van der Waals surface area contributed by atoms with Crippen LogP contribution in [0, 0.1) is 5.92 Å². The van der Waals surface area contributed by atoms with Gasteiger partial charge in [-0.3, -0.25) is 4.79 Å². The summed E-state index contributed by atoms with van der Waals surface area (Å²) in [7, 11) is 1.64. The molecule has 1 aliphatic rings. The zero-order chi connectivity index (χ0) is 11.8. The Labute approximate surface area is 98.5 Å². The second kappa shape index (κ2) is 7.80. The summed E-state index contributed by atoms with van der Waals surface area (Å²) in [6, 6.07) is 0. The normalized spacial score (nSPS) is 22.6. The third kappa shape index (κ3) is 4.62. The monoisotopic (exact) mass is 228 g/mol. The van der Waals surface area contributed by atoms with Crippen molar-refractivity contribution in [2.24, 2.45) is 5.92 Å². The lowest BCUT2D eigenvalue weighted by Gasteiger charge is -2.22. The van der Waals surface area contributed by atoms with Crippen molar-refractivity contribution in [2.45, 2.75) is 58.0 Å². The number of ether oxygens (including phenoxy) is 2. The van der Waals surface area contributed by atoms with Crippen molar-refractivity contribution in [3.63, 3.8) is 0 Å². The second-order valence-electron chi connectivity index (χ2n) is 4.65. The van der Waals surface area contributed by atoms with E-state index in [1.165, 1.54) is 19.3 Å². The molecule has 1 aliphatic carbocycles. The van der Waals surface area contributed by atoms with Crippen molar-refractivity contribution >= 4 is 5.78 Å². The van der Waals surface area contributed by atoms with E-state index in [9.17, 15) is 4.79 Å². The SMILES string of the molecule is CCCCC[C@@H](OCOC)C1CCC(=O)C1. The third-order valence-corrected chi connectivity index (χ3v) is 3.30. The number of carbonyl (C=O) groups is 1. The largest absolute Gasteiger partial charge is 0.359 e. The number of rotatable bonds is 8. The Hall–Kier alpha value is -0.410. The van der Waals surface area contributed by atoms with Gasteiger partial charge in [0.15, 0.2) is 0 Å². The molecule has 0 bridgehead atoms. The van der Waals surface area contributed by atoms with Crippen LogP contribution >= 0.6 is 0 Å². The van der Waals surface area contributed by atoms with E-state index in [0.717, 1.165) is 19.3 Å². The van der Waals surface area contributed by atoms with Gasteiger partial charge in [-0.1, -0.05) is 26.2 Å². The minimum Gasteiger partial charge on any atom is -0.359 e. The summed E-state index contributed by atoms with van der Waals surface area (Å²) >= 11 is 0. The van der Waals surface area contributed by atoms with Gasteiger partial charge in [-0.15, -0.1) is 0 Å². The van der Waals surface area contributed by atoms with Gasteiger partial charge in [0.2, 0.25) is 0 Å². The van der Waals surface area contributed by atoms with Crippen LogP contribution in [0.15, 0.2) is 0 Å². The lowest BCUT2D eigenvalue weighted by atomic mass is 9.96. The second-order valence-corrected chi connectivity index (χ2v) is 4.65. The predicted molar refractivity (Wildman–Crippen MR) is 63.2 cm³/mol. The van der Waals surface area contributed by atoms with E-state index in [4.69, 9.17) is 9.47 Å². The molecule has 1 rings (SSSR count). The maximum Gasteiger partial charge on any atom is 0.146 e. The molecule has 0 aromatic rings. The fraction of sp³-hybridized carbons (Fsp3) is 0.923. The molecule has 3 nitrogen and oxygen atoms in total. The van der Waals surface area contributed by atoms with E-state index in [2.05, 4.69) is 6.92 Å². The van der Waals surface area contributed by atoms with Crippen LogP contribution in [0.25, 0.3) is 0 Å². The van der Waals surface area contributed by atoms with Crippen LogP contribution in [0.3, 0.4) is 0 Å². The molecule has 2 atom stereocenters. The van der Waals surface area contributed by atoms with Crippen molar-refractivity contribution < 1.29 is 14.3 Å². The highest BCUT2D eigenvalue weighted by Gasteiger charge is 2.29. The molecule has 16 heavy (non-hydrogen) atoms. The molecule has 0 N–H and O–H groups in total. The third-order valence-electron chi connectivity index (χ3n) is 3.30. The number of carbonyl (C=O) groups excluding carboxylic acids is 1. The Balaban J connectivity index is 2.33. The first-order chi connectivity index (χ1) is 7.77. The van der Waals surface area contributed by atoms with Crippen LogP contribution in [0.5, 0.6) is 0 Å². The summed E-state index contributed by atoms with van der Waals surface area (Å²) < 4.78 is 10.7. The topological polar surface area (TPSA) is 35.5 Å². The van der Waals surface area contributed by atoms with Crippen molar-refractivity contribution in [1.82, 2.24) is 0 Å². The van der Waals surface area contributed by atoms with Crippen LogP contribution in [-0.2, 0) is 14.3 Å². The van der Waals surface area contributed by atoms with Crippen LogP contribution in [0.1, 0.15) is 51.9 Å². The van der Waals surface area contributed by atoms with E-state index < -0.39 is 0 Å². The molecular formula is C13H24O3. The van der Waals surface area contributed by atoms with Crippen LogP contribution < -0.4 is 0 Å². The molecule has 1 fully saturated rings. The van der Waals surface area contributed by atoms with Crippen LogP contribution in [0.4, 0.5) is 0 Å². The Morgan fingerprint density at radius 2 is 2.25 bits per heavy atom. The molecule has 0 amide bonds. The first-order valence-electron chi connectivity index (χ1n) is 6.40. The number of Topliss-reactive ketones (excluding diaryl/α,β-unsaturated/α-hetero) is 1. The van der Waals surface area contributed by atoms with Crippen molar-refractivity contribution in [2.75, 3.05) is 13.9 Å².